The van der Waals surface area contributed by atoms with E-state index in [9.17, 15) is 4.79 Å². The lowest BCUT2D eigenvalue weighted by Crippen LogP contribution is -2.65. The molecule has 4 aliphatic carbocycles. The third-order valence-corrected chi connectivity index (χ3v) is 12.8. The van der Waals surface area contributed by atoms with Gasteiger partial charge in [0.1, 0.15) is 11.6 Å². The Morgan fingerprint density at radius 3 is 2.38 bits per heavy atom. The van der Waals surface area contributed by atoms with Gasteiger partial charge in [-0.25, -0.2) is 0 Å². The van der Waals surface area contributed by atoms with Crippen LogP contribution in [0.1, 0.15) is 84.1 Å². The highest BCUT2D eigenvalue weighted by molar-refractivity contribution is 5.77. The van der Waals surface area contributed by atoms with Gasteiger partial charge in [-0.3, -0.25) is 4.79 Å². The minimum Gasteiger partial charge on any atom is -0.457 e. The van der Waals surface area contributed by atoms with E-state index in [1.165, 1.54) is 37.7 Å². The Balaban J connectivity index is 1.08. The van der Waals surface area contributed by atoms with Crippen molar-refractivity contribution in [2.45, 2.75) is 102 Å². The van der Waals surface area contributed by atoms with E-state index >= 15 is 0 Å². The zero-order valence-electron chi connectivity index (χ0n) is 23.0. The highest BCUT2D eigenvalue weighted by Gasteiger charge is 2.71. The molecule has 6 fully saturated rings. The van der Waals surface area contributed by atoms with Crippen molar-refractivity contribution in [3.05, 3.63) is 35.9 Å². The lowest BCUT2D eigenvalue weighted by Gasteiger charge is -2.67. The molecule has 6 aliphatic rings. The average molecular weight is 508 g/mol. The minimum atomic E-state index is -0.335. The van der Waals surface area contributed by atoms with Crippen LogP contribution in [-0.2, 0) is 25.4 Å². The number of hydrogen-bond donors (Lipinski definition) is 1. The van der Waals surface area contributed by atoms with Crippen LogP contribution in [-0.4, -0.2) is 43.2 Å². The maximum absolute atomic E-state index is 13.2. The zero-order chi connectivity index (χ0) is 25.5. The van der Waals surface area contributed by atoms with Crippen molar-refractivity contribution < 1.29 is 19.0 Å². The Bertz CT molecular complexity index is 1050. The van der Waals surface area contributed by atoms with Crippen LogP contribution >= 0.6 is 0 Å². The quantitative estimate of drug-likeness (QED) is 0.524. The van der Waals surface area contributed by atoms with E-state index in [2.05, 4.69) is 38.2 Å². The molecule has 0 amide bonds. The largest absolute Gasteiger partial charge is 0.457 e. The molecule has 0 bridgehead atoms. The van der Waals surface area contributed by atoms with Gasteiger partial charge >= 0.3 is 5.97 Å². The van der Waals surface area contributed by atoms with Crippen molar-refractivity contribution in [1.82, 2.24) is 5.32 Å². The number of carbonyl (C=O) groups is 1. The molecule has 5 nitrogen and oxygen atoms in total. The molecule has 37 heavy (non-hydrogen) atoms. The van der Waals surface area contributed by atoms with E-state index in [0.29, 0.717) is 29.1 Å². The molecule has 2 heterocycles. The zero-order valence-corrected chi connectivity index (χ0v) is 23.0. The van der Waals surface area contributed by atoms with Crippen molar-refractivity contribution in [2.24, 2.45) is 34.0 Å². The second-order valence-electron chi connectivity index (χ2n) is 14.2. The molecule has 1 N–H and O–H groups in total. The number of fused-ring (bicyclic) bond motifs is 6. The molecule has 0 radical (unpaired) electrons. The number of esters is 1. The molecule has 8 unspecified atom stereocenters. The summed E-state index contributed by atoms with van der Waals surface area (Å²) in [7, 11) is 0. The van der Waals surface area contributed by atoms with Crippen molar-refractivity contribution in [3.8, 4) is 0 Å². The summed E-state index contributed by atoms with van der Waals surface area (Å²) >= 11 is 0. The SMILES string of the molecule is CC12CCC3(CNC(Cc4ccccc4)C(=O)O3)CC1CCC1(C)C2CCC2(C)C1CCC21OCCO1. The second kappa shape index (κ2) is 8.29. The van der Waals surface area contributed by atoms with Crippen LogP contribution in [0.2, 0.25) is 0 Å². The van der Waals surface area contributed by atoms with Gasteiger partial charge in [0.05, 0.1) is 13.2 Å². The molecule has 2 spiro atoms. The minimum absolute atomic E-state index is 0.0550. The summed E-state index contributed by atoms with van der Waals surface area (Å²) in [6, 6.07) is 10.1. The fourth-order valence-electron chi connectivity index (χ4n) is 10.8. The summed E-state index contributed by atoms with van der Waals surface area (Å²) in [6.45, 7) is 10.0. The molecule has 8 atom stereocenters. The predicted octanol–water partition coefficient (Wildman–Crippen LogP) is 5.66. The van der Waals surface area contributed by atoms with Gasteiger partial charge in [0, 0.05) is 18.4 Å². The van der Waals surface area contributed by atoms with Crippen LogP contribution in [0.5, 0.6) is 0 Å². The monoisotopic (exact) mass is 507 g/mol. The summed E-state index contributed by atoms with van der Waals surface area (Å²) in [5, 5.41) is 3.61. The third-order valence-electron chi connectivity index (χ3n) is 12.8. The summed E-state index contributed by atoms with van der Waals surface area (Å²) in [4.78, 5) is 13.2. The molecule has 1 aromatic rings. The van der Waals surface area contributed by atoms with E-state index in [1.54, 1.807) is 0 Å². The van der Waals surface area contributed by atoms with Crippen molar-refractivity contribution >= 4 is 5.97 Å². The van der Waals surface area contributed by atoms with E-state index in [4.69, 9.17) is 14.2 Å². The Morgan fingerprint density at radius 2 is 1.62 bits per heavy atom. The van der Waals surface area contributed by atoms with Crippen LogP contribution in [0.3, 0.4) is 0 Å². The molecule has 1 aromatic carbocycles. The fraction of sp³-hybridized carbons (Fsp3) is 0.781. The lowest BCUT2D eigenvalue weighted by atomic mass is 9.39. The number of hydrogen-bond acceptors (Lipinski definition) is 5. The number of rotatable bonds is 2. The van der Waals surface area contributed by atoms with Crippen LogP contribution in [0.25, 0.3) is 0 Å². The summed E-state index contributed by atoms with van der Waals surface area (Å²) in [5.41, 5.74) is 1.64. The molecular weight excluding hydrogens is 462 g/mol. The molecule has 2 saturated heterocycles. The molecule has 0 aromatic heterocycles. The number of morpholine rings is 1. The Morgan fingerprint density at radius 1 is 0.865 bits per heavy atom. The van der Waals surface area contributed by atoms with Crippen LogP contribution in [0, 0.1) is 34.0 Å². The smallest absolute Gasteiger partial charge is 0.324 e. The van der Waals surface area contributed by atoms with Gasteiger partial charge in [-0.1, -0.05) is 51.1 Å². The normalized spacial score (nSPS) is 48.4. The van der Waals surface area contributed by atoms with Gasteiger partial charge < -0.3 is 19.5 Å². The second-order valence-corrected chi connectivity index (χ2v) is 14.2. The van der Waals surface area contributed by atoms with Gasteiger partial charge in [0.15, 0.2) is 5.79 Å². The number of ether oxygens (including phenoxy) is 3. The van der Waals surface area contributed by atoms with E-state index in [0.717, 1.165) is 51.4 Å². The molecular formula is C32H45NO4. The van der Waals surface area contributed by atoms with E-state index in [-0.39, 0.29) is 28.8 Å². The first-order valence-electron chi connectivity index (χ1n) is 15.0. The lowest BCUT2D eigenvalue weighted by molar-refractivity contribution is -0.265. The number of benzene rings is 1. The standard InChI is InChI=1S/C32H45NO4/c1-28-15-16-31(21-33-24(27(34)37-31)19-22-7-5-4-6-8-22)20-23(28)9-12-29(2)25(28)10-13-30(3)26(29)11-14-32(30)35-17-18-36-32/h4-8,23-26,33H,9-21H2,1-3H3. The summed E-state index contributed by atoms with van der Waals surface area (Å²) in [6.07, 6.45) is 11.2. The average Bonchev–Trinajstić information content (AvgIpc) is 3.48. The molecule has 5 heteroatoms. The van der Waals surface area contributed by atoms with Gasteiger partial charge in [-0.2, -0.15) is 0 Å². The van der Waals surface area contributed by atoms with Gasteiger partial charge in [-0.15, -0.1) is 0 Å². The molecule has 202 valence electrons. The topological polar surface area (TPSA) is 56.8 Å². The van der Waals surface area contributed by atoms with Gasteiger partial charge in [0.25, 0.3) is 0 Å². The number of nitrogens with one attached hydrogen (secondary N) is 1. The third kappa shape index (κ3) is 3.42. The van der Waals surface area contributed by atoms with Crippen molar-refractivity contribution in [3.63, 3.8) is 0 Å². The van der Waals surface area contributed by atoms with Gasteiger partial charge in [0.2, 0.25) is 0 Å². The highest BCUT2D eigenvalue weighted by atomic mass is 16.7. The van der Waals surface area contributed by atoms with Crippen molar-refractivity contribution in [2.75, 3.05) is 19.8 Å². The van der Waals surface area contributed by atoms with Crippen LogP contribution in [0.15, 0.2) is 30.3 Å². The maximum Gasteiger partial charge on any atom is 0.324 e. The van der Waals surface area contributed by atoms with Crippen molar-refractivity contribution in [1.29, 1.82) is 0 Å². The Kier molecular flexibility index (Phi) is 5.51. The maximum atomic E-state index is 13.2. The molecule has 4 saturated carbocycles. The highest BCUT2D eigenvalue weighted by Crippen LogP contribution is 2.74. The van der Waals surface area contributed by atoms with Gasteiger partial charge in [-0.05, 0) is 91.9 Å². The predicted molar refractivity (Wildman–Crippen MR) is 142 cm³/mol. The molecule has 7 rings (SSSR count). The van der Waals surface area contributed by atoms with Crippen LogP contribution < -0.4 is 5.32 Å². The Labute approximate surface area is 222 Å². The first-order valence-corrected chi connectivity index (χ1v) is 15.0. The summed E-state index contributed by atoms with van der Waals surface area (Å²) < 4.78 is 19.1. The Hall–Kier alpha value is -1.43. The van der Waals surface area contributed by atoms with Crippen LogP contribution in [0.4, 0.5) is 0 Å². The summed E-state index contributed by atoms with van der Waals surface area (Å²) in [5.74, 6) is 1.62. The van der Waals surface area contributed by atoms with E-state index < -0.39 is 0 Å². The van der Waals surface area contributed by atoms with E-state index in [1.807, 2.05) is 18.2 Å². The molecule has 2 aliphatic heterocycles. The first kappa shape index (κ1) is 24.6. The number of carbonyl (C=O) groups excluding carboxylic acids is 1. The first-order chi connectivity index (χ1) is 17.7. The fourth-order valence-corrected chi connectivity index (χ4v) is 10.8.